The third-order valence-electron chi connectivity index (χ3n) is 3.11. The molecule has 112 valence electrons. The topological polar surface area (TPSA) is 42.0 Å². The lowest BCUT2D eigenvalue weighted by Crippen LogP contribution is -2.33. The van der Waals surface area contributed by atoms with Crippen LogP contribution in [0.15, 0.2) is 29.6 Å². The summed E-state index contributed by atoms with van der Waals surface area (Å²) in [5, 5.41) is 5.64. The number of rotatable bonds is 6. The summed E-state index contributed by atoms with van der Waals surface area (Å²) in [5.74, 6) is -0.272. The van der Waals surface area contributed by atoms with Crippen LogP contribution < -0.4 is 5.32 Å². The van der Waals surface area contributed by atoms with Crippen LogP contribution >= 0.6 is 11.3 Å². The first-order chi connectivity index (χ1) is 10.1. The second-order valence-electron chi connectivity index (χ2n) is 5.08. The monoisotopic (exact) mass is 306 g/mol. The van der Waals surface area contributed by atoms with Gasteiger partial charge in [0.25, 0.3) is 0 Å². The van der Waals surface area contributed by atoms with Gasteiger partial charge < -0.3 is 5.32 Å². The molecule has 3 nitrogen and oxygen atoms in total. The van der Waals surface area contributed by atoms with Gasteiger partial charge in [0.05, 0.1) is 12.1 Å². The number of nitrogens with zero attached hydrogens (tertiary/aromatic N) is 1. The van der Waals surface area contributed by atoms with Crippen molar-refractivity contribution in [2.45, 2.75) is 39.2 Å². The predicted octanol–water partition coefficient (Wildman–Crippen LogP) is 3.80. The first-order valence-electron chi connectivity index (χ1n) is 7.08. The lowest BCUT2D eigenvalue weighted by molar-refractivity contribution is -0.121. The fraction of sp³-hybridized carbons (Fsp3) is 0.375. The Hall–Kier alpha value is -1.75. The van der Waals surface area contributed by atoms with Crippen LogP contribution in [0.4, 0.5) is 4.39 Å². The molecule has 0 radical (unpaired) electrons. The summed E-state index contributed by atoms with van der Waals surface area (Å²) in [4.78, 5) is 16.3. The van der Waals surface area contributed by atoms with Crippen molar-refractivity contribution in [3.63, 3.8) is 0 Å². The smallest absolute Gasteiger partial charge is 0.226 e. The van der Waals surface area contributed by atoms with Crippen LogP contribution in [0.2, 0.25) is 0 Å². The number of carbonyl (C=O) groups is 1. The average Bonchev–Trinajstić information content (AvgIpc) is 2.88. The summed E-state index contributed by atoms with van der Waals surface area (Å²) < 4.78 is 12.9. The number of hydrogen-bond acceptors (Lipinski definition) is 3. The largest absolute Gasteiger partial charge is 0.353 e. The molecule has 1 aromatic heterocycles. The fourth-order valence-corrected chi connectivity index (χ4v) is 2.93. The molecule has 0 aliphatic heterocycles. The molecule has 0 bridgehead atoms. The van der Waals surface area contributed by atoms with Crippen LogP contribution in [-0.4, -0.2) is 16.9 Å². The summed E-state index contributed by atoms with van der Waals surface area (Å²) >= 11 is 1.47. The third kappa shape index (κ3) is 4.63. The van der Waals surface area contributed by atoms with Crippen LogP contribution in [0.25, 0.3) is 10.6 Å². The highest BCUT2D eigenvalue weighted by atomic mass is 32.1. The minimum absolute atomic E-state index is 0.00749. The standard InChI is InChI=1S/C16H19FN2OS/c1-3-4-11(2)18-15(20)9-14-10-21-16(19-14)12-5-7-13(17)8-6-12/h5-8,10-11H,3-4,9H2,1-2H3,(H,18,20)/t11-/m0/s1. The fourth-order valence-electron chi connectivity index (χ4n) is 2.11. The molecular formula is C16H19FN2OS. The van der Waals surface area contributed by atoms with E-state index in [0.29, 0.717) is 0 Å². The van der Waals surface area contributed by atoms with Gasteiger partial charge in [-0.05, 0) is 37.6 Å². The number of nitrogens with one attached hydrogen (secondary N) is 1. The van der Waals surface area contributed by atoms with Crippen molar-refractivity contribution in [1.29, 1.82) is 0 Å². The molecule has 0 saturated heterocycles. The molecule has 0 unspecified atom stereocenters. The van der Waals surface area contributed by atoms with E-state index in [9.17, 15) is 9.18 Å². The second kappa shape index (κ2) is 7.31. The maximum atomic E-state index is 12.9. The van der Waals surface area contributed by atoms with E-state index >= 15 is 0 Å². The van der Waals surface area contributed by atoms with E-state index in [1.165, 1.54) is 23.5 Å². The summed E-state index contributed by atoms with van der Waals surface area (Å²) in [6, 6.07) is 6.41. The number of amides is 1. The molecule has 2 rings (SSSR count). The van der Waals surface area contributed by atoms with E-state index in [4.69, 9.17) is 0 Å². The number of hydrogen-bond donors (Lipinski definition) is 1. The maximum Gasteiger partial charge on any atom is 0.226 e. The van der Waals surface area contributed by atoms with Gasteiger partial charge in [-0.1, -0.05) is 13.3 Å². The second-order valence-corrected chi connectivity index (χ2v) is 5.94. The maximum absolute atomic E-state index is 12.9. The van der Waals surface area contributed by atoms with E-state index in [0.717, 1.165) is 29.1 Å². The molecule has 0 spiro atoms. The summed E-state index contributed by atoms with van der Waals surface area (Å²) in [6.07, 6.45) is 2.31. The Kier molecular flexibility index (Phi) is 5.44. The summed E-state index contributed by atoms with van der Waals surface area (Å²) in [6.45, 7) is 4.10. The SMILES string of the molecule is CCC[C@H](C)NC(=O)Cc1csc(-c2ccc(F)cc2)n1. The number of carbonyl (C=O) groups excluding carboxylic acids is 1. The van der Waals surface area contributed by atoms with Gasteiger partial charge in [0.1, 0.15) is 10.8 Å². The van der Waals surface area contributed by atoms with E-state index in [1.54, 1.807) is 12.1 Å². The molecule has 1 amide bonds. The average molecular weight is 306 g/mol. The van der Waals surface area contributed by atoms with Crippen molar-refractivity contribution in [3.05, 3.63) is 41.2 Å². The van der Waals surface area contributed by atoms with E-state index in [1.807, 2.05) is 12.3 Å². The van der Waals surface area contributed by atoms with Gasteiger partial charge >= 0.3 is 0 Å². The number of aromatic nitrogens is 1. The lowest BCUT2D eigenvalue weighted by Gasteiger charge is -2.11. The van der Waals surface area contributed by atoms with Crippen molar-refractivity contribution in [2.24, 2.45) is 0 Å². The highest BCUT2D eigenvalue weighted by Crippen LogP contribution is 2.24. The van der Waals surface area contributed by atoms with Crippen LogP contribution in [0.1, 0.15) is 32.4 Å². The van der Waals surface area contributed by atoms with Gasteiger partial charge in [0, 0.05) is 17.0 Å². The molecule has 0 saturated carbocycles. The van der Waals surface area contributed by atoms with Crippen LogP contribution in [0.5, 0.6) is 0 Å². The minimum atomic E-state index is -0.264. The van der Waals surface area contributed by atoms with Gasteiger partial charge in [0.2, 0.25) is 5.91 Å². The Labute approximate surface area is 128 Å². The first-order valence-corrected chi connectivity index (χ1v) is 7.96. The van der Waals surface area contributed by atoms with E-state index in [-0.39, 0.29) is 24.2 Å². The summed E-state index contributed by atoms with van der Waals surface area (Å²) in [7, 11) is 0. The zero-order chi connectivity index (χ0) is 15.2. The molecule has 2 aromatic rings. The van der Waals surface area contributed by atoms with Crippen LogP contribution in [0.3, 0.4) is 0 Å². The molecule has 1 N–H and O–H groups in total. The highest BCUT2D eigenvalue weighted by molar-refractivity contribution is 7.13. The zero-order valence-electron chi connectivity index (χ0n) is 12.2. The first kappa shape index (κ1) is 15.6. The Bertz CT molecular complexity index is 595. The number of thiazole rings is 1. The van der Waals surface area contributed by atoms with Gasteiger partial charge in [-0.15, -0.1) is 11.3 Å². The Morgan fingerprint density at radius 2 is 2.10 bits per heavy atom. The molecule has 0 fully saturated rings. The van der Waals surface area contributed by atoms with Gasteiger partial charge in [-0.25, -0.2) is 9.37 Å². The third-order valence-corrected chi connectivity index (χ3v) is 4.05. The van der Waals surface area contributed by atoms with Crippen molar-refractivity contribution < 1.29 is 9.18 Å². The highest BCUT2D eigenvalue weighted by Gasteiger charge is 2.11. The van der Waals surface area contributed by atoms with E-state index in [2.05, 4.69) is 17.2 Å². The van der Waals surface area contributed by atoms with Crippen molar-refractivity contribution in [1.82, 2.24) is 10.3 Å². The molecule has 0 aliphatic carbocycles. The van der Waals surface area contributed by atoms with Crippen LogP contribution in [0, 0.1) is 5.82 Å². The molecule has 5 heteroatoms. The van der Waals surface area contributed by atoms with Gasteiger partial charge in [-0.3, -0.25) is 4.79 Å². The molecule has 0 aliphatic rings. The van der Waals surface area contributed by atoms with Crippen molar-refractivity contribution in [2.75, 3.05) is 0 Å². The number of benzene rings is 1. The minimum Gasteiger partial charge on any atom is -0.353 e. The Morgan fingerprint density at radius 3 is 2.76 bits per heavy atom. The van der Waals surface area contributed by atoms with Crippen molar-refractivity contribution >= 4 is 17.2 Å². The molecule has 21 heavy (non-hydrogen) atoms. The Balaban J connectivity index is 1.97. The number of halogens is 1. The van der Waals surface area contributed by atoms with Gasteiger partial charge in [0.15, 0.2) is 0 Å². The van der Waals surface area contributed by atoms with Gasteiger partial charge in [-0.2, -0.15) is 0 Å². The molecule has 1 heterocycles. The molecular weight excluding hydrogens is 287 g/mol. The summed E-state index contributed by atoms with van der Waals surface area (Å²) in [5.41, 5.74) is 1.62. The molecule has 1 atom stereocenters. The zero-order valence-corrected chi connectivity index (χ0v) is 13.0. The van der Waals surface area contributed by atoms with Crippen LogP contribution in [-0.2, 0) is 11.2 Å². The quantitative estimate of drug-likeness (QED) is 0.882. The van der Waals surface area contributed by atoms with Crippen molar-refractivity contribution in [3.8, 4) is 10.6 Å². The Morgan fingerprint density at radius 1 is 1.38 bits per heavy atom. The molecule has 1 aromatic carbocycles. The predicted molar refractivity (Wildman–Crippen MR) is 83.7 cm³/mol. The van der Waals surface area contributed by atoms with E-state index < -0.39 is 0 Å². The normalized spacial score (nSPS) is 12.1. The lowest BCUT2D eigenvalue weighted by atomic mass is 10.2.